The summed E-state index contributed by atoms with van der Waals surface area (Å²) in [6.45, 7) is 6.97. The molecule has 1 aromatic rings. The first-order chi connectivity index (χ1) is 10.6. The molecule has 0 amide bonds. The third-order valence-corrected chi connectivity index (χ3v) is 4.29. The molecule has 3 nitrogen and oxygen atoms in total. The van der Waals surface area contributed by atoms with Crippen LogP contribution in [0.25, 0.3) is 6.08 Å². The smallest absolute Gasteiger partial charge is 0.330 e. The van der Waals surface area contributed by atoms with E-state index in [4.69, 9.17) is 0 Å². The lowest BCUT2D eigenvalue weighted by Gasteiger charge is -2.25. The van der Waals surface area contributed by atoms with E-state index >= 15 is 0 Å². The number of likely N-dealkylation sites (tertiary alicyclic amines) is 1. The standard InChI is InChI=1S/C19H27NO2/c1-15(2)12-14-20-13-4-5-18(20)17-9-6-16(7-10-17)8-11-19(21)22-3/h6-11,15,18H,4-5,12-14H2,1-3H3/b11-8+/t18-/m0/s1. The summed E-state index contributed by atoms with van der Waals surface area (Å²) in [4.78, 5) is 13.7. The molecule has 1 atom stereocenters. The van der Waals surface area contributed by atoms with Crippen molar-refractivity contribution in [2.75, 3.05) is 20.2 Å². The van der Waals surface area contributed by atoms with Crippen molar-refractivity contribution in [1.29, 1.82) is 0 Å². The molecule has 1 aliphatic rings. The Morgan fingerprint density at radius 1 is 1.36 bits per heavy atom. The van der Waals surface area contributed by atoms with Gasteiger partial charge in [-0.3, -0.25) is 4.90 Å². The number of hydrogen-bond acceptors (Lipinski definition) is 3. The minimum absolute atomic E-state index is 0.320. The summed E-state index contributed by atoms with van der Waals surface area (Å²) in [5.41, 5.74) is 2.41. The molecule has 0 aromatic heterocycles. The van der Waals surface area contributed by atoms with Gasteiger partial charge in [0.1, 0.15) is 0 Å². The van der Waals surface area contributed by atoms with Crippen LogP contribution in [0.2, 0.25) is 0 Å². The van der Waals surface area contributed by atoms with E-state index in [2.05, 4.69) is 47.7 Å². The van der Waals surface area contributed by atoms with Crippen molar-refractivity contribution in [3.05, 3.63) is 41.5 Å². The Morgan fingerprint density at radius 3 is 2.73 bits per heavy atom. The molecule has 1 heterocycles. The third kappa shape index (κ3) is 4.70. The van der Waals surface area contributed by atoms with Crippen LogP contribution < -0.4 is 0 Å². The molecule has 0 saturated carbocycles. The molecule has 1 fully saturated rings. The van der Waals surface area contributed by atoms with Crippen LogP contribution in [-0.2, 0) is 9.53 Å². The van der Waals surface area contributed by atoms with Crippen LogP contribution in [0.4, 0.5) is 0 Å². The average Bonchev–Trinajstić information content (AvgIpc) is 2.99. The Morgan fingerprint density at radius 2 is 2.09 bits per heavy atom. The number of carbonyl (C=O) groups excluding carboxylic acids is 1. The van der Waals surface area contributed by atoms with Crippen LogP contribution in [0, 0.1) is 5.92 Å². The number of esters is 1. The molecule has 0 aliphatic carbocycles. The van der Waals surface area contributed by atoms with Gasteiger partial charge in [0.15, 0.2) is 0 Å². The van der Waals surface area contributed by atoms with Crippen molar-refractivity contribution in [1.82, 2.24) is 4.90 Å². The van der Waals surface area contributed by atoms with Gasteiger partial charge in [0.2, 0.25) is 0 Å². The van der Waals surface area contributed by atoms with Gasteiger partial charge in [-0.15, -0.1) is 0 Å². The van der Waals surface area contributed by atoms with Crippen molar-refractivity contribution in [2.24, 2.45) is 5.92 Å². The fourth-order valence-electron chi connectivity index (χ4n) is 2.96. The van der Waals surface area contributed by atoms with Crippen molar-refractivity contribution >= 4 is 12.0 Å². The predicted octanol–water partition coefficient (Wildman–Crippen LogP) is 4.06. The summed E-state index contributed by atoms with van der Waals surface area (Å²) in [5.74, 6) is 0.437. The molecule has 1 saturated heterocycles. The molecule has 0 N–H and O–H groups in total. The van der Waals surface area contributed by atoms with Crippen molar-refractivity contribution in [2.45, 2.75) is 39.2 Å². The second-order valence-corrected chi connectivity index (χ2v) is 6.40. The first-order valence-corrected chi connectivity index (χ1v) is 8.20. The molecular formula is C19H27NO2. The van der Waals surface area contributed by atoms with Crippen LogP contribution >= 0.6 is 0 Å². The molecule has 22 heavy (non-hydrogen) atoms. The molecule has 2 rings (SSSR count). The Hall–Kier alpha value is -1.61. The minimum atomic E-state index is -0.320. The lowest BCUT2D eigenvalue weighted by atomic mass is 10.0. The monoisotopic (exact) mass is 301 g/mol. The quantitative estimate of drug-likeness (QED) is 0.586. The minimum Gasteiger partial charge on any atom is -0.466 e. The number of nitrogens with zero attached hydrogens (tertiary/aromatic N) is 1. The van der Waals surface area contributed by atoms with Crippen LogP contribution in [0.3, 0.4) is 0 Å². The van der Waals surface area contributed by atoms with E-state index in [9.17, 15) is 4.79 Å². The summed E-state index contributed by atoms with van der Waals surface area (Å²) in [6, 6.07) is 9.09. The predicted molar refractivity (Wildman–Crippen MR) is 90.5 cm³/mol. The van der Waals surface area contributed by atoms with Gasteiger partial charge >= 0.3 is 5.97 Å². The lowest BCUT2D eigenvalue weighted by Crippen LogP contribution is -2.25. The summed E-state index contributed by atoms with van der Waals surface area (Å²) >= 11 is 0. The summed E-state index contributed by atoms with van der Waals surface area (Å²) in [5, 5.41) is 0. The maximum absolute atomic E-state index is 11.1. The van der Waals surface area contributed by atoms with E-state index < -0.39 is 0 Å². The first-order valence-electron chi connectivity index (χ1n) is 8.20. The molecule has 120 valence electrons. The second-order valence-electron chi connectivity index (χ2n) is 6.40. The van der Waals surface area contributed by atoms with Crippen LogP contribution in [0.5, 0.6) is 0 Å². The number of hydrogen-bond donors (Lipinski definition) is 0. The number of benzene rings is 1. The highest BCUT2D eigenvalue weighted by molar-refractivity contribution is 5.86. The topological polar surface area (TPSA) is 29.5 Å². The average molecular weight is 301 g/mol. The molecule has 0 bridgehead atoms. The Balaban J connectivity index is 1.99. The SMILES string of the molecule is COC(=O)/C=C/c1ccc([C@@H]2CCCN2CCC(C)C)cc1. The zero-order valence-electron chi connectivity index (χ0n) is 13.9. The van der Waals surface area contributed by atoms with Gasteiger partial charge in [-0.1, -0.05) is 38.1 Å². The highest BCUT2D eigenvalue weighted by Gasteiger charge is 2.25. The Labute approximate surface area is 134 Å². The highest BCUT2D eigenvalue weighted by Crippen LogP contribution is 2.32. The zero-order chi connectivity index (χ0) is 15.9. The van der Waals surface area contributed by atoms with Gasteiger partial charge in [0.25, 0.3) is 0 Å². The van der Waals surface area contributed by atoms with Crippen molar-refractivity contribution in [3.63, 3.8) is 0 Å². The van der Waals surface area contributed by atoms with E-state index in [0.717, 1.165) is 11.5 Å². The fraction of sp³-hybridized carbons (Fsp3) is 0.526. The van der Waals surface area contributed by atoms with Gasteiger partial charge in [-0.05, 0) is 55.5 Å². The normalized spacial score (nSPS) is 19.2. The maximum atomic E-state index is 11.1. The number of methoxy groups -OCH3 is 1. The molecule has 0 radical (unpaired) electrons. The molecule has 0 unspecified atom stereocenters. The summed E-state index contributed by atoms with van der Waals surface area (Å²) in [6.07, 6.45) is 7.04. The summed E-state index contributed by atoms with van der Waals surface area (Å²) < 4.78 is 4.60. The molecule has 1 aromatic carbocycles. The van der Waals surface area contributed by atoms with Crippen LogP contribution in [0.1, 0.15) is 50.3 Å². The van der Waals surface area contributed by atoms with E-state index in [1.54, 1.807) is 6.08 Å². The van der Waals surface area contributed by atoms with Gasteiger partial charge in [0, 0.05) is 12.1 Å². The van der Waals surface area contributed by atoms with Crippen LogP contribution in [0.15, 0.2) is 30.3 Å². The lowest BCUT2D eigenvalue weighted by molar-refractivity contribution is -0.134. The largest absolute Gasteiger partial charge is 0.466 e. The van der Waals surface area contributed by atoms with E-state index in [-0.39, 0.29) is 5.97 Å². The van der Waals surface area contributed by atoms with Gasteiger partial charge in [0.05, 0.1) is 7.11 Å². The van der Waals surface area contributed by atoms with Gasteiger partial charge in [-0.25, -0.2) is 4.79 Å². The third-order valence-electron chi connectivity index (χ3n) is 4.29. The Kier molecular flexibility index (Phi) is 6.20. The van der Waals surface area contributed by atoms with Crippen molar-refractivity contribution in [3.8, 4) is 0 Å². The second kappa shape index (κ2) is 8.14. The van der Waals surface area contributed by atoms with Crippen molar-refractivity contribution < 1.29 is 9.53 Å². The van der Waals surface area contributed by atoms with Crippen LogP contribution in [-0.4, -0.2) is 31.1 Å². The maximum Gasteiger partial charge on any atom is 0.330 e. The molecular weight excluding hydrogens is 274 g/mol. The summed E-state index contributed by atoms with van der Waals surface area (Å²) in [7, 11) is 1.39. The highest BCUT2D eigenvalue weighted by atomic mass is 16.5. The fourth-order valence-corrected chi connectivity index (χ4v) is 2.96. The van der Waals surface area contributed by atoms with E-state index in [0.29, 0.717) is 6.04 Å². The number of carbonyl (C=O) groups is 1. The van der Waals surface area contributed by atoms with Gasteiger partial charge < -0.3 is 4.74 Å². The molecule has 3 heteroatoms. The van der Waals surface area contributed by atoms with Gasteiger partial charge in [-0.2, -0.15) is 0 Å². The zero-order valence-corrected chi connectivity index (χ0v) is 13.9. The Bertz CT molecular complexity index is 505. The van der Waals surface area contributed by atoms with E-state index in [1.807, 2.05) is 0 Å². The number of ether oxygens (including phenoxy) is 1. The first kappa shape index (κ1) is 16.8. The van der Waals surface area contributed by atoms with E-state index in [1.165, 1.54) is 51.1 Å². The number of rotatable bonds is 6. The molecule has 1 aliphatic heterocycles. The molecule has 0 spiro atoms.